The summed E-state index contributed by atoms with van der Waals surface area (Å²) in [4.78, 5) is 11.4. The number of sulfonamides is 1. The van der Waals surface area contributed by atoms with Gasteiger partial charge in [-0.25, -0.2) is 12.8 Å². The molecule has 1 aromatic heterocycles. The van der Waals surface area contributed by atoms with E-state index in [2.05, 4.69) is 5.10 Å². The van der Waals surface area contributed by atoms with Gasteiger partial charge in [0.05, 0.1) is 18.8 Å². The highest BCUT2D eigenvalue weighted by molar-refractivity contribution is 7.89. The highest BCUT2D eigenvalue weighted by Gasteiger charge is 2.35. The van der Waals surface area contributed by atoms with Gasteiger partial charge < -0.3 is 4.74 Å². The standard InChI is InChI=1S/C18H21BFN3O4S/c1-3-27-18(24)11-23-16-6-4-5-15(13(16)10-21-23)22(2)28(25,26)17-8-7-12(19)9-14(17)20/h7-10,15H,3-6,11H2,1-2H3/t15-/m1/s1. The summed E-state index contributed by atoms with van der Waals surface area (Å²) in [5, 5.41) is 4.24. The Labute approximate surface area is 164 Å². The Morgan fingerprint density at radius 3 is 2.89 bits per heavy atom. The molecule has 10 heteroatoms. The molecule has 0 fully saturated rings. The van der Waals surface area contributed by atoms with Crippen LogP contribution in [0.1, 0.15) is 37.1 Å². The largest absolute Gasteiger partial charge is 0.465 e. The number of carbonyl (C=O) groups is 1. The first-order valence-electron chi connectivity index (χ1n) is 8.99. The maximum absolute atomic E-state index is 14.2. The van der Waals surface area contributed by atoms with Gasteiger partial charge in [0.15, 0.2) is 0 Å². The Balaban J connectivity index is 1.91. The molecule has 0 N–H and O–H groups in total. The van der Waals surface area contributed by atoms with Crippen molar-refractivity contribution in [1.82, 2.24) is 14.1 Å². The lowest BCUT2D eigenvalue weighted by Gasteiger charge is -2.31. The van der Waals surface area contributed by atoms with Crippen LogP contribution >= 0.6 is 0 Å². The van der Waals surface area contributed by atoms with Crippen molar-refractivity contribution in [3.63, 3.8) is 0 Å². The number of carbonyl (C=O) groups excluding carboxylic acids is 1. The fourth-order valence-electron chi connectivity index (χ4n) is 3.49. The van der Waals surface area contributed by atoms with E-state index in [1.54, 1.807) is 17.8 Å². The number of aromatic nitrogens is 2. The second-order valence-electron chi connectivity index (χ2n) is 6.63. The molecule has 0 amide bonds. The maximum atomic E-state index is 14.2. The number of fused-ring (bicyclic) bond motifs is 1. The average molecular weight is 405 g/mol. The molecule has 7 nitrogen and oxygen atoms in total. The smallest absolute Gasteiger partial charge is 0.327 e. The molecule has 0 spiro atoms. The Morgan fingerprint density at radius 2 is 2.21 bits per heavy atom. The minimum atomic E-state index is -4.08. The summed E-state index contributed by atoms with van der Waals surface area (Å²) in [6.07, 6.45) is 3.54. The van der Waals surface area contributed by atoms with E-state index in [0.717, 1.165) is 28.0 Å². The summed E-state index contributed by atoms with van der Waals surface area (Å²) >= 11 is 0. The van der Waals surface area contributed by atoms with Gasteiger partial charge in [-0.15, -0.1) is 0 Å². The van der Waals surface area contributed by atoms with Gasteiger partial charge in [0.1, 0.15) is 25.1 Å². The molecule has 1 aliphatic rings. The van der Waals surface area contributed by atoms with Crippen molar-refractivity contribution in [2.75, 3.05) is 13.7 Å². The lowest BCUT2D eigenvalue weighted by molar-refractivity contribution is -0.144. The molecule has 2 radical (unpaired) electrons. The lowest BCUT2D eigenvalue weighted by atomic mass is 9.93. The highest BCUT2D eigenvalue weighted by atomic mass is 32.2. The van der Waals surface area contributed by atoms with Crippen LogP contribution in [0, 0.1) is 5.82 Å². The van der Waals surface area contributed by atoms with E-state index in [1.165, 1.54) is 19.2 Å². The van der Waals surface area contributed by atoms with Crippen LogP contribution in [0.25, 0.3) is 0 Å². The predicted molar refractivity (Wildman–Crippen MR) is 101 cm³/mol. The number of nitrogens with zero attached hydrogens (tertiary/aromatic N) is 3. The van der Waals surface area contributed by atoms with Gasteiger partial charge in [0.25, 0.3) is 0 Å². The fraction of sp³-hybridized carbons (Fsp3) is 0.444. The molecule has 1 atom stereocenters. The molecular weight excluding hydrogens is 384 g/mol. The fourth-order valence-corrected chi connectivity index (χ4v) is 4.90. The number of benzene rings is 1. The zero-order chi connectivity index (χ0) is 20.5. The molecule has 28 heavy (non-hydrogen) atoms. The summed E-state index contributed by atoms with van der Waals surface area (Å²) in [6, 6.07) is 3.02. The first-order valence-corrected chi connectivity index (χ1v) is 10.4. The van der Waals surface area contributed by atoms with Crippen LogP contribution in [-0.4, -0.2) is 50.0 Å². The molecule has 0 saturated carbocycles. The molecule has 0 unspecified atom stereocenters. The quantitative estimate of drug-likeness (QED) is 0.531. The maximum Gasteiger partial charge on any atom is 0.327 e. The van der Waals surface area contributed by atoms with Crippen molar-refractivity contribution in [3.8, 4) is 0 Å². The van der Waals surface area contributed by atoms with Crippen LogP contribution in [0.2, 0.25) is 0 Å². The molecular formula is C18H21BFN3O4S. The minimum absolute atomic E-state index is 0.0288. The molecule has 0 aliphatic heterocycles. The van der Waals surface area contributed by atoms with Gasteiger partial charge in [-0.1, -0.05) is 11.5 Å². The monoisotopic (exact) mass is 405 g/mol. The Bertz CT molecular complexity index is 993. The Hall–Kier alpha value is -2.20. The van der Waals surface area contributed by atoms with E-state index in [-0.39, 0.29) is 18.6 Å². The summed E-state index contributed by atoms with van der Waals surface area (Å²) in [5.74, 6) is -1.29. The lowest BCUT2D eigenvalue weighted by Crippen LogP contribution is -2.34. The molecule has 0 bridgehead atoms. The molecule has 1 aliphatic carbocycles. The second-order valence-corrected chi connectivity index (χ2v) is 8.59. The Morgan fingerprint density at radius 1 is 1.46 bits per heavy atom. The third-order valence-corrected chi connectivity index (χ3v) is 6.77. The van der Waals surface area contributed by atoms with Crippen molar-refractivity contribution in [1.29, 1.82) is 0 Å². The average Bonchev–Trinajstić information content (AvgIpc) is 3.04. The van der Waals surface area contributed by atoms with E-state index in [4.69, 9.17) is 12.6 Å². The summed E-state index contributed by atoms with van der Waals surface area (Å²) in [6.45, 7) is 1.97. The van der Waals surface area contributed by atoms with Gasteiger partial charge in [-0.2, -0.15) is 9.40 Å². The normalized spacial score (nSPS) is 16.8. The summed E-state index contributed by atoms with van der Waals surface area (Å²) < 4.78 is 47.9. The van der Waals surface area contributed by atoms with Gasteiger partial charge >= 0.3 is 5.97 Å². The van der Waals surface area contributed by atoms with E-state index in [1.807, 2.05) is 0 Å². The van der Waals surface area contributed by atoms with E-state index >= 15 is 0 Å². The number of hydrogen-bond donors (Lipinski definition) is 0. The number of halogens is 1. The Kier molecular flexibility index (Phi) is 5.90. The van der Waals surface area contributed by atoms with Crippen molar-refractivity contribution in [3.05, 3.63) is 41.5 Å². The highest BCUT2D eigenvalue weighted by Crippen LogP contribution is 2.36. The number of hydrogen-bond acceptors (Lipinski definition) is 5. The number of esters is 1. The molecule has 3 rings (SSSR count). The van der Waals surface area contributed by atoms with Gasteiger partial charge in [0.2, 0.25) is 10.0 Å². The van der Waals surface area contributed by atoms with Crippen molar-refractivity contribution in [2.24, 2.45) is 0 Å². The zero-order valence-corrected chi connectivity index (χ0v) is 16.6. The van der Waals surface area contributed by atoms with Crippen LogP contribution in [-0.2, 0) is 32.5 Å². The number of ether oxygens (including phenoxy) is 1. The molecule has 1 heterocycles. The van der Waals surface area contributed by atoms with Crippen LogP contribution in [0.15, 0.2) is 29.3 Å². The minimum Gasteiger partial charge on any atom is -0.465 e. The van der Waals surface area contributed by atoms with Crippen molar-refractivity contribution < 1.29 is 22.3 Å². The van der Waals surface area contributed by atoms with Crippen molar-refractivity contribution in [2.45, 2.75) is 43.7 Å². The topological polar surface area (TPSA) is 81.5 Å². The van der Waals surface area contributed by atoms with Gasteiger partial charge in [0, 0.05) is 18.3 Å². The van der Waals surface area contributed by atoms with Crippen LogP contribution < -0.4 is 5.46 Å². The van der Waals surface area contributed by atoms with Crippen LogP contribution in [0.3, 0.4) is 0 Å². The summed E-state index contributed by atoms with van der Waals surface area (Å²) in [5.41, 5.74) is 1.67. The molecule has 0 saturated heterocycles. The van der Waals surface area contributed by atoms with Crippen molar-refractivity contribution >= 4 is 29.3 Å². The van der Waals surface area contributed by atoms with E-state index in [9.17, 15) is 17.6 Å². The van der Waals surface area contributed by atoms with E-state index < -0.39 is 32.7 Å². The molecule has 1 aromatic carbocycles. The molecule has 148 valence electrons. The zero-order valence-electron chi connectivity index (χ0n) is 15.8. The van der Waals surface area contributed by atoms with Crippen LogP contribution in [0.4, 0.5) is 4.39 Å². The summed E-state index contributed by atoms with van der Waals surface area (Å²) in [7, 11) is 2.87. The van der Waals surface area contributed by atoms with E-state index in [0.29, 0.717) is 12.8 Å². The number of rotatable bonds is 6. The van der Waals surface area contributed by atoms with Crippen LogP contribution in [0.5, 0.6) is 0 Å². The first kappa shape index (κ1) is 20.5. The molecule has 2 aromatic rings. The second kappa shape index (κ2) is 8.04. The predicted octanol–water partition coefficient (Wildman–Crippen LogP) is 1.08. The third-order valence-electron chi connectivity index (χ3n) is 4.87. The van der Waals surface area contributed by atoms with Gasteiger partial charge in [-0.3, -0.25) is 9.48 Å². The first-order chi connectivity index (χ1) is 13.3. The SMILES string of the molecule is [B]c1ccc(S(=O)(=O)N(C)[C@@H]2CCCc3c2cnn3CC(=O)OCC)c(F)c1. The third kappa shape index (κ3) is 3.84. The van der Waals surface area contributed by atoms with Gasteiger partial charge in [-0.05, 0) is 38.3 Å².